The Balaban J connectivity index is 2.97. The van der Waals surface area contributed by atoms with Crippen LogP contribution in [0, 0.1) is 0 Å². The van der Waals surface area contributed by atoms with Crippen LogP contribution >= 0.6 is 0 Å². The summed E-state index contributed by atoms with van der Waals surface area (Å²) in [6, 6.07) is 0. The second-order valence-corrected chi connectivity index (χ2v) is 2.56. The Hall–Kier alpha value is -0.990. The van der Waals surface area contributed by atoms with Crippen LogP contribution in [0.5, 0.6) is 0 Å². The van der Waals surface area contributed by atoms with E-state index in [9.17, 15) is 4.39 Å². The molecule has 0 saturated heterocycles. The quantitative estimate of drug-likeness (QED) is 0.593. The molecule has 0 N–H and O–H groups in total. The summed E-state index contributed by atoms with van der Waals surface area (Å²) in [5.41, 5.74) is -1.01. The lowest BCUT2D eigenvalue weighted by atomic mass is 10.1. The largest absolute Gasteiger partial charge is 0.261 e. The van der Waals surface area contributed by atoms with Gasteiger partial charge in [0.25, 0.3) is 0 Å². The molecule has 3 heteroatoms. The average Bonchev–Trinajstić information content (AvgIpc) is 1.88. The van der Waals surface area contributed by atoms with E-state index >= 15 is 0 Å². The molecule has 0 fully saturated rings. The van der Waals surface area contributed by atoms with Crippen molar-refractivity contribution < 1.29 is 4.39 Å². The lowest BCUT2D eigenvalue weighted by molar-refractivity contribution is 0.213. The fourth-order valence-electron chi connectivity index (χ4n) is 0.606. The minimum Gasteiger partial charge on any atom is -0.261 e. The van der Waals surface area contributed by atoms with Crippen molar-refractivity contribution >= 4 is 0 Å². The van der Waals surface area contributed by atoms with Gasteiger partial charge in [0.1, 0.15) is 5.67 Å². The monoisotopic (exact) mass is 140 g/mol. The molecule has 0 bridgehead atoms. The van der Waals surface area contributed by atoms with E-state index in [2.05, 4.69) is 9.97 Å². The average molecular weight is 140 g/mol. The fraction of sp³-hybridized carbons (Fsp3) is 0.429. The smallest absolute Gasteiger partial charge is 0.148 e. The maximum Gasteiger partial charge on any atom is 0.148 e. The molecular weight excluding hydrogens is 131 g/mol. The zero-order chi connectivity index (χ0) is 7.61. The second kappa shape index (κ2) is 2.33. The molecule has 1 heterocycles. The number of alkyl halides is 1. The van der Waals surface area contributed by atoms with E-state index in [0.717, 1.165) is 0 Å². The first-order valence-corrected chi connectivity index (χ1v) is 3.06. The van der Waals surface area contributed by atoms with Crippen LogP contribution in [0.25, 0.3) is 0 Å². The first-order chi connectivity index (χ1) is 4.61. The van der Waals surface area contributed by atoms with Crippen molar-refractivity contribution in [1.82, 2.24) is 9.97 Å². The summed E-state index contributed by atoms with van der Waals surface area (Å²) >= 11 is 0. The van der Waals surface area contributed by atoms with Crippen molar-refractivity contribution in [1.29, 1.82) is 0 Å². The topological polar surface area (TPSA) is 25.8 Å². The summed E-state index contributed by atoms with van der Waals surface area (Å²) in [5, 5.41) is 0. The summed E-state index contributed by atoms with van der Waals surface area (Å²) in [4.78, 5) is 7.56. The van der Waals surface area contributed by atoms with E-state index in [-0.39, 0.29) is 0 Å². The first kappa shape index (κ1) is 7.12. The highest BCUT2D eigenvalue weighted by atomic mass is 19.1. The third-order valence-electron chi connectivity index (χ3n) is 1.17. The Morgan fingerprint density at radius 3 is 2.40 bits per heavy atom. The molecule has 1 rings (SSSR count). The third kappa shape index (κ3) is 1.50. The number of hydrogen-bond acceptors (Lipinski definition) is 2. The van der Waals surface area contributed by atoms with Crippen LogP contribution in [-0.2, 0) is 5.67 Å². The van der Waals surface area contributed by atoms with E-state index in [1.807, 2.05) is 0 Å². The van der Waals surface area contributed by atoms with Crippen LogP contribution in [0.3, 0.4) is 0 Å². The van der Waals surface area contributed by atoms with Gasteiger partial charge >= 0.3 is 0 Å². The van der Waals surface area contributed by atoms with Crippen molar-refractivity contribution in [2.75, 3.05) is 0 Å². The number of hydrogen-bond donors (Lipinski definition) is 0. The fourth-order valence-corrected chi connectivity index (χ4v) is 0.606. The standard InChI is InChI=1S/C7H9FN2/c1-7(2,8)6-5-9-3-4-10-6/h3-5H,1-2H3. The van der Waals surface area contributed by atoms with Crippen LogP contribution in [-0.4, -0.2) is 9.97 Å². The number of rotatable bonds is 1. The van der Waals surface area contributed by atoms with E-state index in [4.69, 9.17) is 0 Å². The summed E-state index contributed by atoms with van der Waals surface area (Å²) < 4.78 is 13.0. The van der Waals surface area contributed by atoms with Gasteiger partial charge in [-0.05, 0) is 13.8 Å². The highest BCUT2D eigenvalue weighted by Gasteiger charge is 2.19. The van der Waals surface area contributed by atoms with Gasteiger partial charge in [-0.1, -0.05) is 0 Å². The molecule has 0 radical (unpaired) electrons. The molecule has 54 valence electrons. The molecule has 0 aliphatic heterocycles. The molecule has 2 nitrogen and oxygen atoms in total. The van der Waals surface area contributed by atoms with Gasteiger partial charge in [0.2, 0.25) is 0 Å². The van der Waals surface area contributed by atoms with E-state index in [1.165, 1.54) is 32.4 Å². The molecule has 0 saturated carbocycles. The Morgan fingerprint density at radius 1 is 1.40 bits per heavy atom. The normalized spacial score (nSPS) is 11.5. The highest BCUT2D eigenvalue weighted by molar-refractivity contribution is 5.03. The zero-order valence-electron chi connectivity index (χ0n) is 6.00. The van der Waals surface area contributed by atoms with Crippen molar-refractivity contribution in [3.63, 3.8) is 0 Å². The molecule has 0 aliphatic rings. The maximum absolute atomic E-state index is 13.0. The number of nitrogens with zero attached hydrogens (tertiary/aromatic N) is 2. The molecule has 0 spiro atoms. The Kier molecular flexibility index (Phi) is 1.66. The van der Waals surface area contributed by atoms with Crippen LogP contribution < -0.4 is 0 Å². The van der Waals surface area contributed by atoms with Gasteiger partial charge in [-0.25, -0.2) is 4.39 Å². The van der Waals surface area contributed by atoms with Crippen LogP contribution in [0.4, 0.5) is 4.39 Å². The van der Waals surface area contributed by atoms with Crippen LogP contribution in [0.2, 0.25) is 0 Å². The van der Waals surface area contributed by atoms with E-state index in [0.29, 0.717) is 5.69 Å². The molecule has 0 aromatic carbocycles. The summed E-state index contributed by atoms with van der Waals surface area (Å²) in [6.45, 7) is 2.91. The molecular formula is C7H9FN2. The Bertz CT molecular complexity index is 203. The Morgan fingerprint density at radius 2 is 2.10 bits per heavy atom. The first-order valence-electron chi connectivity index (χ1n) is 3.06. The van der Waals surface area contributed by atoms with Gasteiger partial charge in [-0.3, -0.25) is 9.97 Å². The van der Waals surface area contributed by atoms with E-state index in [1.54, 1.807) is 0 Å². The van der Waals surface area contributed by atoms with Crippen molar-refractivity contribution in [2.24, 2.45) is 0 Å². The Labute approximate surface area is 59.1 Å². The molecule has 10 heavy (non-hydrogen) atoms. The van der Waals surface area contributed by atoms with Crippen molar-refractivity contribution in [2.45, 2.75) is 19.5 Å². The minimum absolute atomic E-state index is 0.370. The molecule has 0 atom stereocenters. The number of halogens is 1. The summed E-state index contributed by atoms with van der Waals surface area (Å²) in [6.07, 6.45) is 4.44. The van der Waals surface area contributed by atoms with Crippen molar-refractivity contribution in [3.8, 4) is 0 Å². The maximum atomic E-state index is 13.0. The predicted molar refractivity (Wildman–Crippen MR) is 36.2 cm³/mol. The van der Waals surface area contributed by atoms with Gasteiger partial charge in [-0.2, -0.15) is 0 Å². The van der Waals surface area contributed by atoms with Gasteiger partial charge in [0.15, 0.2) is 0 Å². The zero-order valence-corrected chi connectivity index (χ0v) is 6.00. The third-order valence-corrected chi connectivity index (χ3v) is 1.17. The van der Waals surface area contributed by atoms with Gasteiger partial charge in [-0.15, -0.1) is 0 Å². The predicted octanol–water partition coefficient (Wildman–Crippen LogP) is 1.68. The van der Waals surface area contributed by atoms with Gasteiger partial charge in [0.05, 0.1) is 11.9 Å². The lowest BCUT2D eigenvalue weighted by Gasteiger charge is -2.10. The molecule has 1 aromatic heterocycles. The molecule has 0 amide bonds. The van der Waals surface area contributed by atoms with Gasteiger partial charge < -0.3 is 0 Å². The minimum atomic E-state index is -1.38. The lowest BCUT2D eigenvalue weighted by Crippen LogP contribution is -2.11. The number of aromatic nitrogens is 2. The molecule has 0 unspecified atom stereocenters. The summed E-state index contributed by atoms with van der Waals surface area (Å²) in [5.74, 6) is 0. The van der Waals surface area contributed by atoms with Crippen molar-refractivity contribution in [3.05, 3.63) is 24.3 Å². The summed E-state index contributed by atoms with van der Waals surface area (Å²) in [7, 11) is 0. The molecule has 1 aromatic rings. The van der Waals surface area contributed by atoms with Crippen LogP contribution in [0.15, 0.2) is 18.6 Å². The van der Waals surface area contributed by atoms with Crippen LogP contribution in [0.1, 0.15) is 19.5 Å². The highest BCUT2D eigenvalue weighted by Crippen LogP contribution is 2.20. The SMILES string of the molecule is CC(C)(F)c1cnccn1. The van der Waals surface area contributed by atoms with Gasteiger partial charge in [0, 0.05) is 12.4 Å². The molecule has 0 aliphatic carbocycles. The van der Waals surface area contributed by atoms with E-state index < -0.39 is 5.67 Å². The second-order valence-electron chi connectivity index (χ2n) is 2.56.